The quantitative estimate of drug-likeness (QED) is 0.611. The molecule has 0 spiro atoms. The highest BCUT2D eigenvalue weighted by atomic mass is 35.5. The maximum Gasteiger partial charge on any atom is 0.328 e. The molecule has 2 unspecified atom stereocenters. The van der Waals surface area contributed by atoms with Crippen LogP contribution in [0, 0.1) is 0 Å². The maximum atomic E-state index is 13.5. The van der Waals surface area contributed by atoms with Gasteiger partial charge in [-0.05, 0) is 19.1 Å². The van der Waals surface area contributed by atoms with Crippen molar-refractivity contribution in [3.05, 3.63) is 71.4 Å². The Bertz CT molecular complexity index is 1150. The summed E-state index contributed by atoms with van der Waals surface area (Å²) in [6.07, 6.45) is 1.30. The molecule has 0 bridgehead atoms. The Morgan fingerprint density at radius 3 is 2.52 bits per heavy atom. The summed E-state index contributed by atoms with van der Waals surface area (Å²) in [4.78, 5) is 37.8. The number of amides is 3. The molecule has 33 heavy (non-hydrogen) atoms. The Hall–Kier alpha value is -3.36. The van der Waals surface area contributed by atoms with Gasteiger partial charge in [-0.2, -0.15) is 0 Å². The number of rotatable bonds is 6. The Morgan fingerprint density at radius 1 is 1.06 bits per heavy atom. The van der Waals surface area contributed by atoms with E-state index in [0.717, 1.165) is 16.9 Å². The van der Waals surface area contributed by atoms with Gasteiger partial charge in [0.05, 0.1) is 29.6 Å². The van der Waals surface area contributed by atoms with E-state index in [4.69, 9.17) is 21.3 Å². The van der Waals surface area contributed by atoms with Gasteiger partial charge in [0.25, 0.3) is 5.91 Å². The van der Waals surface area contributed by atoms with E-state index >= 15 is 0 Å². The molecule has 3 heterocycles. The fourth-order valence-corrected chi connectivity index (χ4v) is 4.64. The van der Waals surface area contributed by atoms with Crippen LogP contribution in [0.4, 0.5) is 10.5 Å². The van der Waals surface area contributed by atoms with E-state index < -0.39 is 12.2 Å². The van der Waals surface area contributed by atoms with Crippen molar-refractivity contribution in [2.24, 2.45) is 4.99 Å². The molecule has 8 nitrogen and oxygen atoms in total. The summed E-state index contributed by atoms with van der Waals surface area (Å²) < 4.78 is 5.39. The highest BCUT2D eigenvalue weighted by molar-refractivity contribution is 6.34. The topological polar surface area (TPSA) is 68.7 Å². The Kier molecular flexibility index (Phi) is 5.55. The van der Waals surface area contributed by atoms with Crippen molar-refractivity contribution in [3.8, 4) is 0 Å². The number of benzene rings is 2. The SMILES string of the molecule is CCOCCN1C(=O)C2C(N=C3N(c4ccccc4Cl)C(c4ccccc4)=CN32)N(C)C1=O. The van der Waals surface area contributed by atoms with Crippen LogP contribution < -0.4 is 4.90 Å². The van der Waals surface area contributed by atoms with E-state index in [1.165, 1.54) is 9.80 Å². The number of halogens is 1. The molecule has 1 saturated heterocycles. The van der Waals surface area contributed by atoms with Crippen molar-refractivity contribution in [1.29, 1.82) is 0 Å². The lowest BCUT2D eigenvalue weighted by Crippen LogP contribution is -2.64. The lowest BCUT2D eigenvalue weighted by Gasteiger charge is -2.40. The number of para-hydroxylation sites is 1. The zero-order valence-corrected chi connectivity index (χ0v) is 19.1. The van der Waals surface area contributed by atoms with Crippen molar-refractivity contribution in [2.45, 2.75) is 19.1 Å². The summed E-state index contributed by atoms with van der Waals surface area (Å²) in [6.45, 7) is 2.89. The fourth-order valence-electron chi connectivity index (χ4n) is 4.42. The second-order valence-corrected chi connectivity index (χ2v) is 8.35. The van der Waals surface area contributed by atoms with Crippen LogP contribution in [0.1, 0.15) is 12.5 Å². The Morgan fingerprint density at radius 2 is 1.79 bits per heavy atom. The number of fused-ring (bicyclic) bond motifs is 3. The molecule has 0 radical (unpaired) electrons. The predicted octanol–water partition coefficient (Wildman–Crippen LogP) is 3.46. The first-order valence-electron chi connectivity index (χ1n) is 10.9. The van der Waals surface area contributed by atoms with Crippen molar-refractivity contribution in [3.63, 3.8) is 0 Å². The van der Waals surface area contributed by atoms with Crippen LogP contribution in [0.15, 0.2) is 65.8 Å². The van der Waals surface area contributed by atoms with E-state index in [2.05, 4.69) is 0 Å². The third-order valence-corrected chi connectivity index (χ3v) is 6.36. The van der Waals surface area contributed by atoms with Gasteiger partial charge >= 0.3 is 6.03 Å². The summed E-state index contributed by atoms with van der Waals surface area (Å²) in [5, 5.41) is 0.563. The van der Waals surface area contributed by atoms with E-state index in [1.807, 2.05) is 77.5 Å². The van der Waals surface area contributed by atoms with Crippen LogP contribution in [0.3, 0.4) is 0 Å². The minimum atomic E-state index is -0.657. The molecule has 2 atom stereocenters. The van der Waals surface area contributed by atoms with Gasteiger partial charge in [0, 0.05) is 25.4 Å². The summed E-state index contributed by atoms with van der Waals surface area (Å²) in [6, 6.07) is 16.4. The van der Waals surface area contributed by atoms with Crippen LogP contribution in [0.5, 0.6) is 0 Å². The number of carbonyl (C=O) groups is 2. The van der Waals surface area contributed by atoms with Crippen molar-refractivity contribution < 1.29 is 14.3 Å². The monoisotopic (exact) mass is 465 g/mol. The molecular weight excluding hydrogens is 442 g/mol. The van der Waals surface area contributed by atoms with E-state index in [9.17, 15) is 9.59 Å². The third-order valence-electron chi connectivity index (χ3n) is 6.04. The largest absolute Gasteiger partial charge is 0.380 e. The van der Waals surface area contributed by atoms with Gasteiger partial charge in [-0.1, -0.05) is 54.1 Å². The molecule has 3 aliphatic heterocycles. The molecule has 9 heteroatoms. The van der Waals surface area contributed by atoms with E-state index in [0.29, 0.717) is 24.2 Å². The normalized spacial score (nSPS) is 21.9. The number of carbonyl (C=O) groups excluding carboxylic acids is 2. The first kappa shape index (κ1) is 21.5. The summed E-state index contributed by atoms with van der Waals surface area (Å²) >= 11 is 6.58. The summed E-state index contributed by atoms with van der Waals surface area (Å²) in [5.74, 6) is 0.280. The van der Waals surface area contributed by atoms with Crippen molar-refractivity contribution >= 4 is 40.9 Å². The second-order valence-electron chi connectivity index (χ2n) is 7.94. The number of hydrogen-bond acceptors (Lipinski definition) is 6. The molecule has 0 aromatic heterocycles. The molecule has 3 amide bonds. The zero-order chi connectivity index (χ0) is 23.1. The standard InChI is InChI=1S/C24H24ClN5O3/c1-3-33-14-13-28-22(31)20-21(27(2)24(28)32)26-23-29(20)15-19(16-9-5-4-6-10-16)30(23)18-12-8-7-11-17(18)25/h4-12,15,20-21H,3,13-14H2,1-2H3. The zero-order valence-electron chi connectivity index (χ0n) is 18.4. The molecule has 5 rings (SSSR count). The molecular formula is C24H24ClN5O3. The van der Waals surface area contributed by atoms with Gasteiger partial charge in [-0.15, -0.1) is 0 Å². The number of urea groups is 1. The average molecular weight is 466 g/mol. The minimum absolute atomic E-state index is 0.200. The van der Waals surface area contributed by atoms with Crippen LogP contribution in [-0.2, 0) is 9.53 Å². The van der Waals surface area contributed by atoms with Gasteiger partial charge in [0.15, 0.2) is 12.2 Å². The number of ether oxygens (including phenoxy) is 1. The highest BCUT2D eigenvalue weighted by Crippen LogP contribution is 2.41. The molecule has 0 N–H and O–H groups in total. The van der Waals surface area contributed by atoms with Crippen LogP contribution in [0.25, 0.3) is 5.70 Å². The third kappa shape index (κ3) is 3.46. The molecule has 1 fully saturated rings. The summed E-state index contributed by atoms with van der Waals surface area (Å²) in [5.41, 5.74) is 2.57. The maximum absolute atomic E-state index is 13.5. The first-order valence-corrected chi connectivity index (χ1v) is 11.2. The first-order chi connectivity index (χ1) is 16.0. The molecule has 2 aromatic carbocycles. The van der Waals surface area contributed by atoms with E-state index in [1.54, 1.807) is 7.05 Å². The minimum Gasteiger partial charge on any atom is -0.380 e. The summed E-state index contributed by atoms with van der Waals surface area (Å²) in [7, 11) is 1.67. The molecule has 2 aromatic rings. The Labute approximate surface area is 197 Å². The van der Waals surface area contributed by atoms with Crippen LogP contribution in [-0.4, -0.2) is 71.6 Å². The average Bonchev–Trinajstić information content (AvgIpc) is 3.37. The van der Waals surface area contributed by atoms with Crippen LogP contribution in [0.2, 0.25) is 5.02 Å². The van der Waals surface area contributed by atoms with Gasteiger partial charge < -0.3 is 9.64 Å². The molecule has 0 aliphatic carbocycles. The number of nitrogens with zero attached hydrogens (tertiary/aromatic N) is 5. The van der Waals surface area contributed by atoms with Gasteiger partial charge in [0.1, 0.15) is 0 Å². The van der Waals surface area contributed by atoms with Gasteiger partial charge in [-0.3, -0.25) is 19.5 Å². The number of imide groups is 1. The van der Waals surface area contributed by atoms with Crippen molar-refractivity contribution in [2.75, 3.05) is 31.7 Å². The molecule has 0 saturated carbocycles. The lowest BCUT2D eigenvalue weighted by molar-refractivity contribution is -0.137. The molecule has 3 aliphatic rings. The lowest BCUT2D eigenvalue weighted by atomic mass is 10.1. The van der Waals surface area contributed by atoms with E-state index in [-0.39, 0.29) is 18.5 Å². The van der Waals surface area contributed by atoms with Gasteiger partial charge in [0.2, 0.25) is 5.96 Å². The highest BCUT2D eigenvalue weighted by Gasteiger charge is 2.54. The van der Waals surface area contributed by atoms with Gasteiger partial charge in [-0.25, -0.2) is 9.79 Å². The van der Waals surface area contributed by atoms with Crippen molar-refractivity contribution in [1.82, 2.24) is 14.7 Å². The number of guanidine groups is 1. The Balaban J connectivity index is 1.57. The van der Waals surface area contributed by atoms with Crippen LogP contribution >= 0.6 is 11.6 Å². The number of likely N-dealkylation sites (N-methyl/N-ethyl adjacent to an activating group) is 1. The number of anilines is 1. The number of aliphatic imine (C=N–C) groups is 1. The second kappa shape index (κ2) is 8.53. The predicted molar refractivity (Wildman–Crippen MR) is 127 cm³/mol. The smallest absolute Gasteiger partial charge is 0.328 e. The molecule has 170 valence electrons. The number of hydrogen-bond donors (Lipinski definition) is 0. The fraction of sp³-hybridized carbons (Fsp3) is 0.292.